The topological polar surface area (TPSA) is 87.2 Å². The zero-order valence-electron chi connectivity index (χ0n) is 12.7. The minimum absolute atomic E-state index is 0.324. The molecule has 0 amide bonds. The third-order valence-electron chi connectivity index (χ3n) is 4.11. The molecule has 4 heterocycles. The first kappa shape index (κ1) is 14.4. The molecule has 0 spiro atoms. The summed E-state index contributed by atoms with van der Waals surface area (Å²) in [6.07, 6.45) is 5.96. The summed E-state index contributed by atoms with van der Waals surface area (Å²) in [7, 11) is 0. The van der Waals surface area contributed by atoms with E-state index in [4.69, 9.17) is 0 Å². The van der Waals surface area contributed by atoms with E-state index in [1.807, 2.05) is 23.0 Å². The SMILES string of the molecule is c1cncc(-c2nnc3n2C(CSc2nnnn2C2CC2)CS3)c1. The Bertz CT molecular complexity index is 857. The van der Waals surface area contributed by atoms with Crippen molar-refractivity contribution in [3.8, 4) is 11.4 Å². The van der Waals surface area contributed by atoms with Crippen LogP contribution in [-0.4, -0.2) is 51.5 Å². The van der Waals surface area contributed by atoms with Crippen molar-refractivity contribution in [1.29, 1.82) is 0 Å². The molecule has 0 aromatic carbocycles. The van der Waals surface area contributed by atoms with Gasteiger partial charge in [-0.25, -0.2) is 4.68 Å². The highest BCUT2D eigenvalue weighted by molar-refractivity contribution is 8.00. The zero-order chi connectivity index (χ0) is 15.9. The molecule has 0 bridgehead atoms. The van der Waals surface area contributed by atoms with Crippen LogP contribution >= 0.6 is 23.5 Å². The predicted molar refractivity (Wildman–Crippen MR) is 89.8 cm³/mol. The molecule has 1 fully saturated rings. The highest BCUT2D eigenvalue weighted by atomic mass is 32.2. The summed E-state index contributed by atoms with van der Waals surface area (Å²) < 4.78 is 4.18. The summed E-state index contributed by atoms with van der Waals surface area (Å²) in [5.74, 6) is 2.78. The average Bonchev–Trinajstić information content (AvgIpc) is 3.05. The number of hydrogen-bond acceptors (Lipinski definition) is 8. The Kier molecular flexibility index (Phi) is 3.51. The van der Waals surface area contributed by atoms with Gasteiger partial charge in [0.15, 0.2) is 11.0 Å². The van der Waals surface area contributed by atoms with Gasteiger partial charge < -0.3 is 0 Å². The van der Waals surface area contributed by atoms with E-state index in [9.17, 15) is 0 Å². The lowest BCUT2D eigenvalue weighted by Gasteiger charge is -2.13. The van der Waals surface area contributed by atoms with Gasteiger partial charge in [0.05, 0.1) is 12.1 Å². The number of aromatic nitrogens is 8. The molecule has 2 aliphatic rings. The average molecular weight is 358 g/mol. The van der Waals surface area contributed by atoms with Crippen molar-refractivity contribution in [2.75, 3.05) is 11.5 Å². The fourth-order valence-electron chi connectivity index (χ4n) is 2.76. The molecule has 0 radical (unpaired) electrons. The fourth-order valence-corrected chi connectivity index (χ4v) is 5.02. The summed E-state index contributed by atoms with van der Waals surface area (Å²) in [4.78, 5) is 4.19. The van der Waals surface area contributed by atoms with E-state index in [1.54, 1.807) is 29.7 Å². The molecule has 1 atom stereocenters. The van der Waals surface area contributed by atoms with Crippen molar-refractivity contribution >= 4 is 23.5 Å². The highest BCUT2D eigenvalue weighted by Crippen LogP contribution is 2.40. The van der Waals surface area contributed by atoms with Gasteiger partial charge >= 0.3 is 0 Å². The molecular weight excluding hydrogens is 344 g/mol. The van der Waals surface area contributed by atoms with Gasteiger partial charge in [-0.1, -0.05) is 23.5 Å². The number of thioether (sulfide) groups is 2. The van der Waals surface area contributed by atoms with Gasteiger partial charge in [-0.15, -0.1) is 15.3 Å². The van der Waals surface area contributed by atoms with E-state index in [0.29, 0.717) is 12.1 Å². The summed E-state index contributed by atoms with van der Waals surface area (Å²) >= 11 is 3.46. The Morgan fingerprint density at radius 3 is 3.04 bits per heavy atom. The number of nitrogens with zero attached hydrogens (tertiary/aromatic N) is 8. The maximum atomic E-state index is 4.36. The van der Waals surface area contributed by atoms with Gasteiger partial charge in [0.1, 0.15) is 0 Å². The van der Waals surface area contributed by atoms with E-state index in [-0.39, 0.29) is 0 Å². The Labute approximate surface area is 146 Å². The molecule has 1 unspecified atom stereocenters. The molecule has 122 valence electrons. The van der Waals surface area contributed by atoms with Crippen LogP contribution in [0.25, 0.3) is 11.4 Å². The van der Waals surface area contributed by atoms with Crippen LogP contribution in [0.5, 0.6) is 0 Å². The van der Waals surface area contributed by atoms with Crippen molar-refractivity contribution in [2.45, 2.75) is 35.2 Å². The molecule has 5 rings (SSSR count). The standard InChI is InChI=1S/C14H14N8S2/c1-2-9(6-15-5-1)12-16-17-13-21(12)11(7-23-13)8-24-14-18-19-20-22(14)10-3-4-10/h1-2,5-6,10-11H,3-4,7-8H2. The summed E-state index contributed by atoms with van der Waals surface area (Å²) in [5.41, 5.74) is 0.997. The van der Waals surface area contributed by atoms with E-state index in [2.05, 4.69) is 35.3 Å². The molecule has 24 heavy (non-hydrogen) atoms. The third-order valence-corrected chi connectivity index (χ3v) is 6.28. The second-order valence-electron chi connectivity index (χ2n) is 5.83. The van der Waals surface area contributed by atoms with Crippen molar-refractivity contribution in [3.05, 3.63) is 24.5 Å². The molecule has 10 heteroatoms. The Hall–Kier alpha value is -1.94. The lowest BCUT2D eigenvalue weighted by Crippen LogP contribution is -2.12. The van der Waals surface area contributed by atoms with E-state index in [1.165, 1.54) is 12.8 Å². The number of pyridine rings is 1. The van der Waals surface area contributed by atoms with Crippen LogP contribution in [0.4, 0.5) is 0 Å². The monoisotopic (exact) mass is 358 g/mol. The number of hydrogen-bond donors (Lipinski definition) is 0. The second-order valence-corrected chi connectivity index (χ2v) is 7.81. The van der Waals surface area contributed by atoms with E-state index < -0.39 is 0 Å². The van der Waals surface area contributed by atoms with E-state index in [0.717, 1.165) is 33.2 Å². The summed E-state index contributed by atoms with van der Waals surface area (Å²) in [6, 6.07) is 4.76. The third kappa shape index (κ3) is 2.49. The fraction of sp³-hybridized carbons (Fsp3) is 0.429. The normalized spacial score (nSPS) is 19.6. The predicted octanol–water partition coefficient (Wildman–Crippen LogP) is 2.10. The van der Waals surface area contributed by atoms with Crippen LogP contribution in [0.2, 0.25) is 0 Å². The zero-order valence-corrected chi connectivity index (χ0v) is 14.3. The first-order valence-corrected chi connectivity index (χ1v) is 9.76. The van der Waals surface area contributed by atoms with Gasteiger partial charge in [0, 0.05) is 29.5 Å². The smallest absolute Gasteiger partial charge is 0.209 e. The molecule has 3 aromatic heterocycles. The quantitative estimate of drug-likeness (QED) is 0.641. The summed E-state index contributed by atoms with van der Waals surface area (Å²) in [6.45, 7) is 0. The minimum Gasteiger partial charge on any atom is -0.297 e. The van der Waals surface area contributed by atoms with Gasteiger partial charge in [-0.2, -0.15) is 0 Å². The summed E-state index contributed by atoms with van der Waals surface area (Å²) in [5, 5.41) is 22.7. The molecule has 0 N–H and O–H groups in total. The van der Waals surface area contributed by atoms with Crippen LogP contribution in [0.3, 0.4) is 0 Å². The molecule has 1 aliphatic carbocycles. The lowest BCUT2D eigenvalue weighted by molar-refractivity contribution is 0.561. The molecule has 1 aliphatic heterocycles. The van der Waals surface area contributed by atoms with Crippen molar-refractivity contribution in [2.24, 2.45) is 0 Å². The van der Waals surface area contributed by atoms with Gasteiger partial charge in [-0.05, 0) is 35.4 Å². The molecule has 1 saturated carbocycles. The first-order valence-electron chi connectivity index (χ1n) is 7.79. The molecular formula is C14H14N8S2. The van der Waals surface area contributed by atoms with Crippen LogP contribution in [0.15, 0.2) is 34.8 Å². The Morgan fingerprint density at radius 1 is 1.25 bits per heavy atom. The largest absolute Gasteiger partial charge is 0.297 e. The van der Waals surface area contributed by atoms with Crippen LogP contribution in [0.1, 0.15) is 24.9 Å². The van der Waals surface area contributed by atoms with Crippen LogP contribution in [0, 0.1) is 0 Å². The Balaban J connectivity index is 1.38. The highest BCUT2D eigenvalue weighted by Gasteiger charge is 2.31. The number of fused-ring (bicyclic) bond motifs is 1. The van der Waals surface area contributed by atoms with E-state index >= 15 is 0 Å². The molecule has 0 saturated heterocycles. The van der Waals surface area contributed by atoms with Gasteiger partial charge in [0.25, 0.3) is 0 Å². The van der Waals surface area contributed by atoms with Gasteiger partial charge in [0.2, 0.25) is 5.16 Å². The van der Waals surface area contributed by atoms with Crippen LogP contribution in [-0.2, 0) is 0 Å². The Morgan fingerprint density at radius 2 is 2.21 bits per heavy atom. The number of tetrazole rings is 1. The van der Waals surface area contributed by atoms with Crippen molar-refractivity contribution in [3.63, 3.8) is 0 Å². The van der Waals surface area contributed by atoms with Crippen molar-refractivity contribution in [1.82, 2.24) is 40.0 Å². The van der Waals surface area contributed by atoms with Gasteiger partial charge in [-0.3, -0.25) is 9.55 Å². The second kappa shape index (κ2) is 5.85. The van der Waals surface area contributed by atoms with Crippen molar-refractivity contribution < 1.29 is 0 Å². The number of rotatable bonds is 5. The lowest BCUT2D eigenvalue weighted by atomic mass is 10.2. The maximum absolute atomic E-state index is 4.36. The van der Waals surface area contributed by atoms with Crippen LogP contribution < -0.4 is 0 Å². The minimum atomic E-state index is 0.324. The molecule has 3 aromatic rings. The first-order chi connectivity index (χ1) is 11.9. The maximum Gasteiger partial charge on any atom is 0.209 e. The molecule has 8 nitrogen and oxygen atoms in total.